The summed E-state index contributed by atoms with van der Waals surface area (Å²) in [6.07, 6.45) is 2.01. The van der Waals surface area contributed by atoms with Crippen LogP contribution < -0.4 is 0 Å². The number of ketones is 1. The molecule has 0 unspecified atom stereocenters. The van der Waals surface area contributed by atoms with Crippen LogP contribution >= 0.6 is 23.2 Å². The first kappa shape index (κ1) is 23.5. The van der Waals surface area contributed by atoms with Gasteiger partial charge >= 0.3 is 0 Å². The molecule has 1 aliphatic carbocycles. The summed E-state index contributed by atoms with van der Waals surface area (Å²) in [7, 11) is 0. The Bertz CT molecular complexity index is 1120. The van der Waals surface area contributed by atoms with E-state index in [1.165, 1.54) is 25.1 Å². The number of halogens is 2. The van der Waals surface area contributed by atoms with Gasteiger partial charge in [-0.25, -0.2) is 5.01 Å². The van der Waals surface area contributed by atoms with Gasteiger partial charge in [0.2, 0.25) is 0 Å². The number of fused-ring (bicyclic) bond motifs is 1. The molecule has 0 bridgehead atoms. The molecule has 1 saturated heterocycles. The van der Waals surface area contributed by atoms with E-state index in [2.05, 4.69) is 6.92 Å². The van der Waals surface area contributed by atoms with Crippen LogP contribution in [-0.4, -0.2) is 39.6 Å². The van der Waals surface area contributed by atoms with E-state index in [9.17, 15) is 19.2 Å². The van der Waals surface area contributed by atoms with Gasteiger partial charge in [0.25, 0.3) is 17.7 Å². The molecule has 0 aromatic heterocycles. The summed E-state index contributed by atoms with van der Waals surface area (Å²) in [5.41, 5.74) is 0.503. The van der Waals surface area contributed by atoms with E-state index >= 15 is 0 Å². The highest BCUT2D eigenvalue weighted by molar-refractivity contribution is 6.42. The van der Waals surface area contributed by atoms with E-state index in [1.807, 2.05) is 0 Å². The zero-order chi connectivity index (χ0) is 23.9. The predicted octanol–water partition coefficient (Wildman–Crippen LogP) is 5.04. The molecule has 0 spiro atoms. The molecule has 8 heteroatoms. The van der Waals surface area contributed by atoms with Gasteiger partial charge in [0.05, 0.1) is 21.9 Å². The van der Waals surface area contributed by atoms with Crippen molar-refractivity contribution < 1.29 is 19.2 Å². The number of carbonyl (C=O) groups is 4. The van der Waals surface area contributed by atoms with E-state index in [4.69, 9.17) is 23.2 Å². The van der Waals surface area contributed by atoms with Crippen LogP contribution in [0.5, 0.6) is 0 Å². The zero-order valence-corrected chi connectivity index (χ0v) is 19.8. The Hall–Kier alpha value is -2.70. The van der Waals surface area contributed by atoms with Gasteiger partial charge in [-0.05, 0) is 50.3 Å². The number of nitrogens with zero attached hydrogens (tertiary/aromatic N) is 2. The Labute approximate surface area is 202 Å². The highest BCUT2D eigenvalue weighted by atomic mass is 35.5. The molecule has 2 aromatic rings. The summed E-state index contributed by atoms with van der Waals surface area (Å²) < 4.78 is 0. The molecule has 2 fully saturated rings. The smallest absolute Gasteiger partial charge is 0.273 e. The highest BCUT2D eigenvalue weighted by Gasteiger charge is 2.54. The lowest BCUT2D eigenvalue weighted by atomic mass is 9.76. The number of hydrogen-bond donors (Lipinski definition) is 0. The van der Waals surface area contributed by atoms with Crippen LogP contribution in [0.3, 0.4) is 0 Å². The SMILES string of the molecule is C[C@@H]1CC[C@@H]2C(=O)N(N(C(=O)c3ccc(Cl)c(Cl)c3)[C@H](C)C(=O)c3ccccc3)C(=O)[C@H]2C1. The Kier molecular flexibility index (Phi) is 6.59. The molecule has 3 amide bonds. The summed E-state index contributed by atoms with van der Waals surface area (Å²) >= 11 is 12.1. The van der Waals surface area contributed by atoms with E-state index in [0.717, 1.165) is 16.4 Å². The van der Waals surface area contributed by atoms with Gasteiger partial charge in [0.15, 0.2) is 5.78 Å². The summed E-state index contributed by atoms with van der Waals surface area (Å²) in [5.74, 6) is -2.56. The van der Waals surface area contributed by atoms with Crippen LogP contribution in [0, 0.1) is 17.8 Å². The molecule has 4 rings (SSSR count). The minimum Gasteiger partial charge on any atom is -0.292 e. The minimum absolute atomic E-state index is 0.126. The molecule has 4 atom stereocenters. The lowest BCUT2D eigenvalue weighted by Gasteiger charge is -2.34. The second-order valence-electron chi connectivity index (χ2n) is 8.80. The Balaban J connectivity index is 1.76. The number of benzene rings is 2. The molecule has 0 radical (unpaired) electrons. The van der Waals surface area contributed by atoms with Crippen LogP contribution in [0.15, 0.2) is 48.5 Å². The molecule has 6 nitrogen and oxygen atoms in total. The maximum Gasteiger partial charge on any atom is 0.273 e. The van der Waals surface area contributed by atoms with Crippen molar-refractivity contribution in [3.8, 4) is 0 Å². The molecule has 0 N–H and O–H groups in total. The fraction of sp³-hybridized carbons (Fsp3) is 0.360. The largest absolute Gasteiger partial charge is 0.292 e. The van der Waals surface area contributed by atoms with Gasteiger partial charge in [-0.1, -0.05) is 60.5 Å². The number of imide groups is 1. The Morgan fingerprint density at radius 1 is 0.939 bits per heavy atom. The van der Waals surface area contributed by atoms with Gasteiger partial charge in [0.1, 0.15) is 6.04 Å². The Morgan fingerprint density at radius 2 is 1.61 bits per heavy atom. The predicted molar refractivity (Wildman–Crippen MR) is 125 cm³/mol. The first-order chi connectivity index (χ1) is 15.7. The summed E-state index contributed by atoms with van der Waals surface area (Å²) in [4.78, 5) is 53.7. The molecule has 1 heterocycles. The zero-order valence-electron chi connectivity index (χ0n) is 18.3. The van der Waals surface area contributed by atoms with Crippen LogP contribution in [-0.2, 0) is 9.59 Å². The normalized spacial score (nSPS) is 23.3. The van der Waals surface area contributed by atoms with Crippen LogP contribution in [0.4, 0.5) is 0 Å². The maximum absolute atomic E-state index is 13.7. The standard InChI is InChI=1S/C25H24Cl2N2O4/c1-14-8-10-18-19(12-14)25(33)29(24(18)32)28(15(2)22(30)16-6-4-3-5-7-16)23(31)17-9-11-20(26)21(27)13-17/h3-7,9,11,13-15,18-19H,8,10,12H2,1-2H3/t14-,15-,18+,19+/m1/s1. The third-order valence-corrected chi connectivity index (χ3v) is 7.30. The van der Waals surface area contributed by atoms with E-state index in [1.54, 1.807) is 30.3 Å². The van der Waals surface area contributed by atoms with Crippen molar-refractivity contribution in [2.75, 3.05) is 0 Å². The molecule has 2 aromatic carbocycles. The first-order valence-corrected chi connectivity index (χ1v) is 11.7. The monoisotopic (exact) mass is 486 g/mol. The lowest BCUT2D eigenvalue weighted by molar-refractivity contribution is -0.156. The third-order valence-electron chi connectivity index (χ3n) is 6.56. The molecule has 1 saturated carbocycles. The van der Waals surface area contributed by atoms with Gasteiger partial charge in [-0.2, -0.15) is 5.01 Å². The number of Topliss-reactive ketones (excluding diaryl/α,β-unsaturated/α-hetero) is 1. The molecular weight excluding hydrogens is 463 g/mol. The molecule has 2 aliphatic rings. The van der Waals surface area contributed by atoms with Gasteiger partial charge in [-0.3, -0.25) is 19.2 Å². The average molecular weight is 487 g/mol. The van der Waals surface area contributed by atoms with Crippen molar-refractivity contribution in [2.45, 2.75) is 39.2 Å². The van der Waals surface area contributed by atoms with Crippen molar-refractivity contribution in [2.24, 2.45) is 17.8 Å². The van der Waals surface area contributed by atoms with Crippen molar-refractivity contribution in [3.63, 3.8) is 0 Å². The van der Waals surface area contributed by atoms with E-state index < -0.39 is 35.6 Å². The molecule has 33 heavy (non-hydrogen) atoms. The fourth-order valence-electron chi connectivity index (χ4n) is 4.74. The number of hydrazine groups is 1. The third kappa shape index (κ3) is 4.30. The van der Waals surface area contributed by atoms with Crippen LogP contribution in [0.25, 0.3) is 0 Å². The first-order valence-electron chi connectivity index (χ1n) is 11.0. The highest BCUT2D eigenvalue weighted by Crippen LogP contribution is 2.41. The number of hydrogen-bond acceptors (Lipinski definition) is 4. The van der Waals surface area contributed by atoms with Gasteiger partial charge < -0.3 is 0 Å². The average Bonchev–Trinajstić information content (AvgIpc) is 3.05. The molecular formula is C25H24Cl2N2O4. The maximum atomic E-state index is 13.7. The quantitative estimate of drug-likeness (QED) is 0.438. The second kappa shape index (κ2) is 9.27. The number of carbonyl (C=O) groups excluding carboxylic acids is 4. The summed E-state index contributed by atoms with van der Waals surface area (Å²) in [6.45, 7) is 3.58. The topological polar surface area (TPSA) is 74.8 Å². The van der Waals surface area contributed by atoms with Crippen molar-refractivity contribution in [3.05, 3.63) is 69.7 Å². The Morgan fingerprint density at radius 3 is 2.27 bits per heavy atom. The fourth-order valence-corrected chi connectivity index (χ4v) is 5.04. The summed E-state index contributed by atoms with van der Waals surface area (Å²) in [5, 5.41) is 2.33. The summed E-state index contributed by atoms with van der Waals surface area (Å²) in [6, 6.07) is 11.7. The van der Waals surface area contributed by atoms with Crippen molar-refractivity contribution in [1.82, 2.24) is 10.0 Å². The van der Waals surface area contributed by atoms with Gasteiger partial charge in [-0.15, -0.1) is 0 Å². The van der Waals surface area contributed by atoms with E-state index in [-0.39, 0.29) is 21.4 Å². The lowest BCUT2D eigenvalue weighted by Crippen LogP contribution is -2.56. The second-order valence-corrected chi connectivity index (χ2v) is 9.62. The number of amides is 3. The van der Waals surface area contributed by atoms with Crippen LogP contribution in [0.2, 0.25) is 10.0 Å². The minimum atomic E-state index is -1.10. The van der Waals surface area contributed by atoms with Gasteiger partial charge in [0, 0.05) is 11.1 Å². The molecule has 1 aliphatic heterocycles. The van der Waals surface area contributed by atoms with E-state index in [0.29, 0.717) is 24.3 Å². The molecule has 172 valence electrons. The van der Waals surface area contributed by atoms with Crippen molar-refractivity contribution in [1.29, 1.82) is 0 Å². The number of rotatable bonds is 5. The van der Waals surface area contributed by atoms with Crippen molar-refractivity contribution >= 4 is 46.7 Å². The van der Waals surface area contributed by atoms with Crippen LogP contribution in [0.1, 0.15) is 53.8 Å².